The summed E-state index contributed by atoms with van der Waals surface area (Å²) < 4.78 is 0. The van der Waals surface area contributed by atoms with E-state index in [0.717, 1.165) is 6.29 Å². The van der Waals surface area contributed by atoms with Crippen LogP contribution in [0.2, 0.25) is 0 Å². The van der Waals surface area contributed by atoms with Gasteiger partial charge in [0.05, 0.1) is 0 Å². The van der Waals surface area contributed by atoms with Gasteiger partial charge in [0.2, 0.25) is 0 Å². The highest BCUT2D eigenvalue weighted by Gasteiger charge is 1.93. The van der Waals surface area contributed by atoms with Gasteiger partial charge in [-0.1, -0.05) is 6.08 Å². The molecule has 0 saturated heterocycles. The molecule has 0 aliphatic heterocycles. The molecule has 0 amide bonds. The quantitative estimate of drug-likeness (QED) is 0.329. The minimum absolute atomic E-state index is 0.101. The summed E-state index contributed by atoms with van der Waals surface area (Å²) in [6.45, 7) is 1.80. The van der Waals surface area contributed by atoms with Crippen molar-refractivity contribution < 1.29 is 9.59 Å². The number of hydrogen-bond donors (Lipinski definition) is 0. The number of aldehydes is 1. The van der Waals surface area contributed by atoms with Crippen LogP contribution in [0, 0.1) is 0 Å². The summed E-state index contributed by atoms with van der Waals surface area (Å²) in [5, 5.41) is 0. The molecule has 0 aromatic rings. The van der Waals surface area contributed by atoms with E-state index in [9.17, 15) is 9.59 Å². The van der Waals surface area contributed by atoms with Crippen LogP contribution in [-0.2, 0) is 9.59 Å². The number of carbonyl (C=O) groups is 2. The molecule has 0 N–H and O–H groups in total. The van der Waals surface area contributed by atoms with Crippen LogP contribution < -0.4 is 0 Å². The predicted octanol–water partition coefficient (Wildman–Crippen LogP) is 1.50. The van der Waals surface area contributed by atoms with E-state index >= 15 is 0 Å². The first kappa shape index (κ1) is 9.08. The van der Waals surface area contributed by atoms with E-state index in [0.29, 0.717) is 19.3 Å². The number of rotatable bonds is 5. The third-order valence-electron chi connectivity index (χ3n) is 1.10. The molecule has 0 aromatic heterocycles. The Morgan fingerprint density at radius 1 is 1.50 bits per heavy atom. The fourth-order valence-electron chi connectivity index (χ4n) is 0.629. The van der Waals surface area contributed by atoms with Crippen molar-refractivity contribution in [2.75, 3.05) is 0 Å². The number of unbranched alkanes of at least 4 members (excludes halogenated alkanes) is 1. The van der Waals surface area contributed by atoms with Gasteiger partial charge in [-0.2, -0.15) is 0 Å². The number of ketones is 1. The van der Waals surface area contributed by atoms with Crippen molar-refractivity contribution >= 4 is 12.1 Å². The lowest BCUT2D eigenvalue weighted by Gasteiger charge is -1.88. The van der Waals surface area contributed by atoms with E-state index in [-0.39, 0.29) is 5.78 Å². The van der Waals surface area contributed by atoms with Gasteiger partial charge in [0.1, 0.15) is 6.29 Å². The molecule has 0 fully saturated rings. The molecule has 0 atom stereocenters. The predicted molar refractivity (Wildman–Crippen MR) is 39.7 cm³/mol. The average molecular weight is 140 g/mol. The molecule has 0 bridgehead atoms. The molecule has 2 nitrogen and oxygen atoms in total. The van der Waals surface area contributed by atoms with Crippen LogP contribution in [0.15, 0.2) is 12.2 Å². The Kier molecular flexibility index (Phi) is 5.63. The molecule has 0 aliphatic carbocycles. The van der Waals surface area contributed by atoms with E-state index in [1.165, 1.54) is 6.08 Å². The molecule has 0 unspecified atom stereocenters. The molecule has 0 radical (unpaired) electrons. The Bertz CT molecular complexity index is 136. The largest absolute Gasteiger partial charge is 0.303 e. The molecule has 0 saturated carbocycles. The van der Waals surface area contributed by atoms with Crippen molar-refractivity contribution in [2.24, 2.45) is 0 Å². The van der Waals surface area contributed by atoms with E-state index in [1.807, 2.05) is 0 Å². The lowest BCUT2D eigenvalue weighted by Crippen LogP contribution is -1.91. The highest BCUT2D eigenvalue weighted by Crippen LogP contribution is 1.94. The van der Waals surface area contributed by atoms with Crippen molar-refractivity contribution in [2.45, 2.75) is 26.2 Å². The minimum Gasteiger partial charge on any atom is -0.303 e. The van der Waals surface area contributed by atoms with Gasteiger partial charge in [0.15, 0.2) is 5.78 Å². The summed E-state index contributed by atoms with van der Waals surface area (Å²) in [5.74, 6) is 0.101. The average Bonchev–Trinajstić information content (AvgIpc) is 1.89. The van der Waals surface area contributed by atoms with Gasteiger partial charge in [-0.05, 0) is 19.4 Å². The van der Waals surface area contributed by atoms with Gasteiger partial charge in [-0.15, -0.1) is 0 Å². The highest BCUT2D eigenvalue weighted by molar-refractivity contribution is 5.89. The molecule has 0 heterocycles. The molecule has 2 heteroatoms. The SMILES string of the molecule is C/C=C/C(=O)CCCC=O. The zero-order valence-electron chi connectivity index (χ0n) is 6.17. The lowest BCUT2D eigenvalue weighted by molar-refractivity contribution is -0.114. The summed E-state index contributed by atoms with van der Waals surface area (Å²) >= 11 is 0. The normalized spacial score (nSPS) is 10.1. The van der Waals surface area contributed by atoms with Crippen LogP contribution >= 0.6 is 0 Å². The van der Waals surface area contributed by atoms with Crippen molar-refractivity contribution in [3.63, 3.8) is 0 Å². The highest BCUT2D eigenvalue weighted by atomic mass is 16.1. The molecule has 56 valence electrons. The second-order valence-corrected chi connectivity index (χ2v) is 2.03. The maximum absolute atomic E-state index is 10.7. The van der Waals surface area contributed by atoms with Crippen LogP contribution in [-0.4, -0.2) is 12.1 Å². The van der Waals surface area contributed by atoms with Gasteiger partial charge >= 0.3 is 0 Å². The van der Waals surface area contributed by atoms with Crippen LogP contribution in [0.4, 0.5) is 0 Å². The summed E-state index contributed by atoms with van der Waals surface area (Å²) in [6, 6.07) is 0. The fourth-order valence-corrected chi connectivity index (χ4v) is 0.629. The Labute approximate surface area is 60.9 Å². The topological polar surface area (TPSA) is 34.1 Å². The Balaban J connectivity index is 3.30. The number of allylic oxidation sites excluding steroid dienone is 2. The third-order valence-corrected chi connectivity index (χ3v) is 1.10. The standard InChI is InChI=1S/C8H12O2/c1-2-5-8(10)6-3-4-7-9/h2,5,7H,3-4,6H2,1H3/b5-2+. The van der Waals surface area contributed by atoms with Gasteiger partial charge in [0.25, 0.3) is 0 Å². The fraction of sp³-hybridized carbons (Fsp3) is 0.500. The number of carbonyl (C=O) groups excluding carboxylic acids is 2. The van der Waals surface area contributed by atoms with Crippen LogP contribution in [0.5, 0.6) is 0 Å². The Morgan fingerprint density at radius 3 is 2.70 bits per heavy atom. The first-order valence-electron chi connectivity index (χ1n) is 3.40. The molecular weight excluding hydrogens is 128 g/mol. The third kappa shape index (κ3) is 5.22. The van der Waals surface area contributed by atoms with Crippen molar-refractivity contribution in [1.82, 2.24) is 0 Å². The Hall–Kier alpha value is -0.920. The van der Waals surface area contributed by atoms with Crippen LogP contribution in [0.25, 0.3) is 0 Å². The van der Waals surface area contributed by atoms with Crippen LogP contribution in [0.3, 0.4) is 0 Å². The monoisotopic (exact) mass is 140 g/mol. The zero-order chi connectivity index (χ0) is 7.82. The zero-order valence-corrected chi connectivity index (χ0v) is 6.17. The maximum atomic E-state index is 10.7. The molecule has 10 heavy (non-hydrogen) atoms. The Morgan fingerprint density at radius 2 is 2.20 bits per heavy atom. The van der Waals surface area contributed by atoms with Gasteiger partial charge in [0, 0.05) is 12.8 Å². The van der Waals surface area contributed by atoms with Gasteiger partial charge < -0.3 is 4.79 Å². The van der Waals surface area contributed by atoms with Crippen molar-refractivity contribution in [3.05, 3.63) is 12.2 Å². The van der Waals surface area contributed by atoms with Crippen molar-refractivity contribution in [3.8, 4) is 0 Å². The van der Waals surface area contributed by atoms with Crippen LogP contribution in [0.1, 0.15) is 26.2 Å². The minimum atomic E-state index is 0.101. The summed E-state index contributed by atoms with van der Waals surface area (Å²) in [7, 11) is 0. The van der Waals surface area contributed by atoms with Gasteiger partial charge in [-0.25, -0.2) is 0 Å². The van der Waals surface area contributed by atoms with E-state index in [1.54, 1.807) is 13.0 Å². The second-order valence-electron chi connectivity index (χ2n) is 2.03. The first-order chi connectivity index (χ1) is 4.81. The number of hydrogen-bond acceptors (Lipinski definition) is 2. The summed E-state index contributed by atoms with van der Waals surface area (Å²) in [6.07, 6.45) is 5.73. The molecular formula is C8H12O2. The maximum Gasteiger partial charge on any atom is 0.155 e. The van der Waals surface area contributed by atoms with E-state index < -0.39 is 0 Å². The smallest absolute Gasteiger partial charge is 0.155 e. The lowest BCUT2D eigenvalue weighted by atomic mass is 10.2. The molecule has 0 rings (SSSR count). The van der Waals surface area contributed by atoms with E-state index in [4.69, 9.17) is 0 Å². The molecule has 0 aromatic carbocycles. The molecule has 0 spiro atoms. The second kappa shape index (κ2) is 6.20. The van der Waals surface area contributed by atoms with E-state index in [2.05, 4.69) is 0 Å². The van der Waals surface area contributed by atoms with Gasteiger partial charge in [-0.3, -0.25) is 4.79 Å². The summed E-state index contributed by atoms with van der Waals surface area (Å²) in [5.41, 5.74) is 0. The van der Waals surface area contributed by atoms with Crippen molar-refractivity contribution in [1.29, 1.82) is 0 Å². The molecule has 0 aliphatic rings. The first-order valence-corrected chi connectivity index (χ1v) is 3.40. The summed E-state index contributed by atoms with van der Waals surface area (Å²) in [4.78, 5) is 20.5.